The van der Waals surface area contributed by atoms with E-state index in [1.807, 2.05) is 17.8 Å². The number of hydrogen-bond donors (Lipinski definition) is 0. The summed E-state index contributed by atoms with van der Waals surface area (Å²) in [5.74, 6) is 0. The molecule has 1 heterocycles. The van der Waals surface area contributed by atoms with Crippen LogP contribution >= 0.6 is 0 Å². The van der Waals surface area contributed by atoms with Gasteiger partial charge in [-0.05, 0) is 5.10 Å². The largest absolute Gasteiger partial charge is 0.314 e. The minimum Gasteiger partial charge on any atom is -0.236 e. The highest BCUT2D eigenvalue weighted by molar-refractivity contribution is 4.49. The van der Waals surface area contributed by atoms with Crippen molar-refractivity contribution in [3.63, 3.8) is 0 Å². The highest BCUT2D eigenvalue weighted by atomic mass is 15.1. The van der Waals surface area contributed by atoms with Crippen molar-refractivity contribution < 1.29 is 4.57 Å². The van der Waals surface area contributed by atoms with Crippen molar-refractivity contribution in [3.8, 4) is 0 Å². The molecule has 1 rings (SSSR count). The summed E-state index contributed by atoms with van der Waals surface area (Å²) in [6.45, 7) is 0. The molecule has 0 saturated carbocycles. The Bertz CT molecular complexity index is 137. The fourth-order valence-electron chi connectivity index (χ4n) is 0.323. The van der Waals surface area contributed by atoms with Crippen molar-refractivity contribution in [2.75, 3.05) is 0 Å². The van der Waals surface area contributed by atoms with Crippen molar-refractivity contribution in [1.82, 2.24) is 10.2 Å². The van der Waals surface area contributed by atoms with Crippen LogP contribution in [0.5, 0.6) is 0 Å². The fourth-order valence-corrected chi connectivity index (χ4v) is 0.323. The molecule has 1 aromatic heterocycles. The minimum absolute atomic E-state index is 1.64. The highest BCUT2D eigenvalue weighted by Crippen LogP contribution is 1.56. The van der Waals surface area contributed by atoms with Crippen molar-refractivity contribution in [3.05, 3.63) is 18.7 Å². The van der Waals surface area contributed by atoms with Gasteiger partial charge in [0, 0.05) is 0 Å². The zero-order chi connectivity index (χ0) is 5.11. The highest BCUT2D eigenvalue weighted by Gasteiger charge is 1.81. The van der Waals surface area contributed by atoms with Crippen molar-refractivity contribution >= 4 is 0 Å². The molecular weight excluding hydrogens is 90.1 g/mol. The van der Waals surface area contributed by atoms with Crippen LogP contribution in [0.15, 0.2) is 18.7 Å². The van der Waals surface area contributed by atoms with E-state index in [0.717, 1.165) is 0 Å². The van der Waals surface area contributed by atoms with E-state index in [2.05, 4.69) is 10.2 Å². The smallest absolute Gasteiger partial charge is 0.236 e. The summed E-state index contributed by atoms with van der Waals surface area (Å²) in [4.78, 5) is 0. The van der Waals surface area contributed by atoms with E-state index < -0.39 is 0 Å². The first kappa shape index (κ1) is 4.18. The quantitative estimate of drug-likeness (QED) is 0.400. The summed E-state index contributed by atoms with van der Waals surface area (Å²) < 4.78 is 1.83. The molecule has 0 unspecified atom stereocenters. The van der Waals surface area contributed by atoms with Gasteiger partial charge < -0.3 is 0 Å². The average Bonchev–Trinajstić information content (AvgIpc) is 1.69. The Balaban J connectivity index is 3.02. The van der Waals surface area contributed by atoms with E-state index in [4.69, 9.17) is 0 Å². The summed E-state index contributed by atoms with van der Waals surface area (Å²) in [6, 6.07) is 0. The first-order valence-corrected chi connectivity index (χ1v) is 2.01. The zero-order valence-corrected chi connectivity index (χ0v) is 4.07. The Kier molecular flexibility index (Phi) is 0.978. The van der Waals surface area contributed by atoms with Gasteiger partial charge in [-0.25, -0.2) is 4.57 Å². The second kappa shape index (κ2) is 1.64. The summed E-state index contributed by atoms with van der Waals surface area (Å²) >= 11 is 0. The lowest BCUT2D eigenvalue weighted by Crippen LogP contribution is -2.27. The predicted octanol–water partition coefficient (Wildman–Crippen LogP) is -0.699. The molecule has 0 saturated heterocycles. The Morgan fingerprint density at radius 2 is 2.29 bits per heavy atom. The molecule has 0 N–H and O–H groups in total. The van der Waals surface area contributed by atoms with E-state index in [-0.39, 0.29) is 0 Å². The average molecular weight is 96.1 g/mol. The van der Waals surface area contributed by atoms with Gasteiger partial charge in [0.05, 0.1) is 12.1 Å². The standard InChI is InChI=1S/C4H6N3/c1-7-3-2-5-6-4-7/h2-4H,1H3/q+1. The molecule has 0 radical (unpaired) electrons. The Morgan fingerprint density at radius 1 is 1.43 bits per heavy atom. The van der Waals surface area contributed by atoms with Crippen molar-refractivity contribution in [1.29, 1.82) is 0 Å². The molecule has 0 amide bonds. The van der Waals surface area contributed by atoms with Gasteiger partial charge in [-0.2, -0.15) is 0 Å². The second-order valence-electron chi connectivity index (χ2n) is 1.31. The van der Waals surface area contributed by atoms with Gasteiger partial charge in [-0.1, -0.05) is 0 Å². The second-order valence-corrected chi connectivity index (χ2v) is 1.31. The number of aromatic nitrogens is 3. The maximum atomic E-state index is 3.60. The molecule has 7 heavy (non-hydrogen) atoms. The van der Waals surface area contributed by atoms with Gasteiger partial charge in [0.15, 0.2) is 0 Å². The lowest BCUT2D eigenvalue weighted by Gasteiger charge is -1.76. The molecule has 0 aliphatic rings. The first-order chi connectivity index (χ1) is 3.39. The molecule has 0 aliphatic carbocycles. The van der Waals surface area contributed by atoms with Gasteiger partial charge in [0.2, 0.25) is 0 Å². The zero-order valence-electron chi connectivity index (χ0n) is 4.07. The van der Waals surface area contributed by atoms with Crippen LogP contribution < -0.4 is 4.57 Å². The van der Waals surface area contributed by atoms with Crippen LogP contribution in [-0.2, 0) is 7.05 Å². The number of hydrogen-bond acceptors (Lipinski definition) is 2. The van der Waals surface area contributed by atoms with Gasteiger partial charge in [-0.15, -0.1) is 0 Å². The molecule has 0 aliphatic heterocycles. The van der Waals surface area contributed by atoms with Crippen LogP contribution in [0, 0.1) is 0 Å². The van der Waals surface area contributed by atoms with Crippen LogP contribution in [0.25, 0.3) is 0 Å². The Morgan fingerprint density at radius 3 is 2.57 bits per heavy atom. The molecule has 0 aromatic carbocycles. The van der Waals surface area contributed by atoms with Gasteiger partial charge >= 0.3 is 6.33 Å². The van der Waals surface area contributed by atoms with Crippen molar-refractivity contribution in [2.24, 2.45) is 7.05 Å². The van der Waals surface area contributed by atoms with Gasteiger partial charge in [0.1, 0.15) is 12.4 Å². The fraction of sp³-hybridized carbons (Fsp3) is 0.250. The SMILES string of the molecule is C[n+]1ccnnc1. The summed E-state index contributed by atoms with van der Waals surface area (Å²) in [5.41, 5.74) is 0. The molecule has 0 bridgehead atoms. The molecular formula is C4H6N3+. The predicted molar refractivity (Wildman–Crippen MR) is 23.2 cm³/mol. The third kappa shape index (κ3) is 0.924. The van der Waals surface area contributed by atoms with Gasteiger partial charge in [-0.3, -0.25) is 0 Å². The minimum atomic E-state index is 1.64. The number of nitrogens with zero attached hydrogens (tertiary/aromatic N) is 3. The maximum absolute atomic E-state index is 3.60. The van der Waals surface area contributed by atoms with Crippen LogP contribution in [0.4, 0.5) is 0 Å². The molecule has 0 fully saturated rings. The molecule has 1 aromatic rings. The van der Waals surface area contributed by atoms with Crippen LogP contribution in [0.1, 0.15) is 0 Å². The monoisotopic (exact) mass is 96.1 g/mol. The third-order valence-corrected chi connectivity index (χ3v) is 0.669. The lowest BCUT2D eigenvalue weighted by atomic mass is 10.8. The molecule has 3 heteroatoms. The normalized spacial score (nSPS) is 8.71. The summed E-state index contributed by atoms with van der Waals surface area (Å²) in [5, 5.41) is 7.17. The first-order valence-electron chi connectivity index (χ1n) is 2.01. The van der Waals surface area contributed by atoms with E-state index in [1.54, 1.807) is 12.5 Å². The summed E-state index contributed by atoms with van der Waals surface area (Å²) in [6.07, 6.45) is 5.10. The van der Waals surface area contributed by atoms with E-state index in [9.17, 15) is 0 Å². The molecule has 3 nitrogen and oxygen atoms in total. The van der Waals surface area contributed by atoms with Gasteiger partial charge in [0.25, 0.3) is 0 Å². The maximum Gasteiger partial charge on any atom is 0.314 e. The lowest BCUT2D eigenvalue weighted by molar-refractivity contribution is -0.675. The summed E-state index contributed by atoms with van der Waals surface area (Å²) in [7, 11) is 1.90. The van der Waals surface area contributed by atoms with Crippen molar-refractivity contribution in [2.45, 2.75) is 0 Å². The Hall–Kier alpha value is -0.990. The van der Waals surface area contributed by atoms with Crippen LogP contribution in [0.3, 0.4) is 0 Å². The number of aryl methyl sites for hydroxylation is 1. The van der Waals surface area contributed by atoms with E-state index >= 15 is 0 Å². The van der Waals surface area contributed by atoms with Crippen LogP contribution in [-0.4, -0.2) is 10.2 Å². The third-order valence-electron chi connectivity index (χ3n) is 0.669. The molecule has 36 valence electrons. The van der Waals surface area contributed by atoms with E-state index in [1.165, 1.54) is 0 Å². The number of rotatable bonds is 0. The van der Waals surface area contributed by atoms with E-state index in [0.29, 0.717) is 0 Å². The molecule has 0 spiro atoms. The molecule has 0 atom stereocenters. The van der Waals surface area contributed by atoms with Crippen LogP contribution in [0.2, 0.25) is 0 Å². The Labute approximate surface area is 41.6 Å². The topological polar surface area (TPSA) is 29.7 Å².